The Hall–Kier alpha value is -2.84. The Bertz CT molecular complexity index is 1060. The molecule has 3 rings (SSSR count). The highest BCUT2D eigenvalue weighted by molar-refractivity contribution is 7.16. The van der Waals surface area contributed by atoms with Crippen molar-refractivity contribution >= 4 is 33.1 Å². The predicted molar refractivity (Wildman–Crippen MR) is 125 cm³/mol. The van der Waals surface area contributed by atoms with Crippen LogP contribution in [0.3, 0.4) is 0 Å². The summed E-state index contributed by atoms with van der Waals surface area (Å²) in [6, 6.07) is 10.9. The first-order chi connectivity index (χ1) is 15.0. The topological polar surface area (TPSA) is 117 Å². The van der Waals surface area contributed by atoms with Crippen LogP contribution < -0.4 is 15.9 Å². The quantitative estimate of drug-likeness (QED) is 0.265. The number of anilines is 1. The van der Waals surface area contributed by atoms with Crippen LogP contribution in [-0.2, 0) is 16.0 Å². The first-order valence-electron chi connectivity index (χ1n) is 10.5. The third-order valence-electron chi connectivity index (χ3n) is 5.12. The van der Waals surface area contributed by atoms with Gasteiger partial charge < -0.3 is 25.9 Å². The average molecular weight is 444 g/mol. The minimum atomic E-state index is -0.446. The Labute approximate surface area is 185 Å². The molecule has 0 saturated carbocycles. The largest absolute Gasteiger partial charge is 0.506 e. The lowest BCUT2D eigenvalue weighted by Gasteiger charge is -2.20. The number of thiazole rings is 1. The number of aromatic amines is 1. The Balaban J connectivity index is 1.74. The number of aromatic nitrogens is 1. The summed E-state index contributed by atoms with van der Waals surface area (Å²) in [5, 5.41) is 13.0. The number of fused-ring (bicyclic) bond motifs is 1. The summed E-state index contributed by atoms with van der Waals surface area (Å²) in [4.78, 5) is 26.5. The number of amides is 1. The van der Waals surface area contributed by atoms with Gasteiger partial charge in [0.05, 0.1) is 11.3 Å². The first-order valence-corrected chi connectivity index (χ1v) is 11.4. The Morgan fingerprint density at radius 3 is 2.74 bits per heavy atom. The fourth-order valence-electron chi connectivity index (χ4n) is 3.39. The zero-order valence-corrected chi connectivity index (χ0v) is 18.5. The van der Waals surface area contributed by atoms with E-state index in [0.29, 0.717) is 41.9 Å². The molecule has 1 heterocycles. The minimum Gasteiger partial charge on any atom is -0.506 e. The van der Waals surface area contributed by atoms with Gasteiger partial charge in [0, 0.05) is 24.2 Å². The van der Waals surface area contributed by atoms with Gasteiger partial charge in [0.25, 0.3) is 0 Å². The number of H-pyrrole nitrogens is 1. The lowest BCUT2D eigenvalue weighted by molar-refractivity contribution is -0.121. The van der Waals surface area contributed by atoms with E-state index in [1.54, 1.807) is 12.1 Å². The van der Waals surface area contributed by atoms with Crippen molar-refractivity contribution in [1.29, 1.82) is 0 Å². The van der Waals surface area contributed by atoms with Gasteiger partial charge in [-0.15, -0.1) is 0 Å². The summed E-state index contributed by atoms with van der Waals surface area (Å²) in [5.74, 6) is -0.000752. The molecule has 0 aliphatic carbocycles. The molecule has 31 heavy (non-hydrogen) atoms. The van der Waals surface area contributed by atoms with Crippen LogP contribution in [0.15, 0.2) is 41.2 Å². The number of phenols is 1. The smallest absolute Gasteiger partial charge is 0.305 e. The summed E-state index contributed by atoms with van der Waals surface area (Å²) >= 11 is 1.03. The Morgan fingerprint density at radius 1 is 1.23 bits per heavy atom. The van der Waals surface area contributed by atoms with E-state index >= 15 is 0 Å². The van der Waals surface area contributed by atoms with Gasteiger partial charge in [-0.05, 0) is 36.6 Å². The molecule has 166 valence electrons. The van der Waals surface area contributed by atoms with Crippen LogP contribution in [0.1, 0.15) is 49.8 Å². The van der Waals surface area contributed by atoms with E-state index in [-0.39, 0.29) is 16.5 Å². The third kappa shape index (κ3) is 6.32. The number of unbranched alkanes of at least 4 members (excludes halogenated alkanes) is 2. The lowest BCUT2D eigenvalue weighted by atomic mass is 10.1. The highest BCUT2D eigenvalue weighted by Gasteiger charge is 2.20. The van der Waals surface area contributed by atoms with E-state index in [9.17, 15) is 14.7 Å². The molecule has 0 radical (unpaired) electrons. The van der Waals surface area contributed by atoms with E-state index in [1.165, 1.54) is 0 Å². The van der Waals surface area contributed by atoms with E-state index in [4.69, 9.17) is 10.5 Å². The molecule has 2 aromatic carbocycles. The normalized spacial score (nSPS) is 12.2. The van der Waals surface area contributed by atoms with Crippen LogP contribution in [0.4, 0.5) is 5.69 Å². The van der Waals surface area contributed by atoms with Crippen molar-refractivity contribution in [3.8, 4) is 5.75 Å². The zero-order valence-electron chi connectivity index (χ0n) is 17.6. The molecule has 8 heteroatoms. The van der Waals surface area contributed by atoms with Crippen molar-refractivity contribution < 1.29 is 14.6 Å². The van der Waals surface area contributed by atoms with Crippen molar-refractivity contribution in [2.24, 2.45) is 0 Å². The lowest BCUT2D eigenvalue weighted by Crippen LogP contribution is -2.29. The second-order valence-corrected chi connectivity index (χ2v) is 8.49. The SMILES string of the molecule is CCCCCC(=O)NCC(OCCc1ccc(N)cc1)c1ccc(O)c2[nH]c(=O)sc12. The predicted octanol–water partition coefficient (Wildman–Crippen LogP) is 3.87. The number of nitrogens with two attached hydrogens (primary N) is 1. The van der Waals surface area contributed by atoms with E-state index < -0.39 is 6.10 Å². The van der Waals surface area contributed by atoms with Gasteiger partial charge in [-0.1, -0.05) is 49.3 Å². The van der Waals surface area contributed by atoms with E-state index in [1.807, 2.05) is 24.3 Å². The number of carbonyl (C=O) groups is 1. The molecule has 1 aromatic heterocycles. The molecule has 5 N–H and O–H groups in total. The molecule has 1 atom stereocenters. The summed E-state index contributed by atoms with van der Waals surface area (Å²) in [5.41, 5.74) is 8.71. The first kappa shape index (κ1) is 22.8. The van der Waals surface area contributed by atoms with Gasteiger partial charge in [0.1, 0.15) is 17.4 Å². The molecule has 0 aliphatic rings. The number of nitrogen functional groups attached to an aromatic ring is 1. The van der Waals surface area contributed by atoms with E-state index in [2.05, 4.69) is 17.2 Å². The van der Waals surface area contributed by atoms with Crippen LogP contribution in [0.2, 0.25) is 0 Å². The molecule has 1 amide bonds. The van der Waals surface area contributed by atoms with Gasteiger partial charge in [0.2, 0.25) is 5.91 Å². The van der Waals surface area contributed by atoms with Crippen molar-refractivity contribution in [3.63, 3.8) is 0 Å². The molecule has 0 bridgehead atoms. The number of ether oxygens (including phenoxy) is 1. The highest BCUT2D eigenvalue weighted by atomic mass is 32.1. The van der Waals surface area contributed by atoms with Crippen molar-refractivity contribution in [3.05, 3.63) is 57.2 Å². The Morgan fingerprint density at radius 2 is 2.00 bits per heavy atom. The standard InChI is InChI=1S/C23H29N3O4S/c1-2-3-4-5-20(28)25-14-19(30-13-12-15-6-8-16(24)9-7-15)17-10-11-18(27)21-22(17)31-23(29)26-21/h6-11,19,27H,2-5,12-14,24H2,1H3,(H,25,28)(H,26,29). The molecule has 7 nitrogen and oxygen atoms in total. The maximum Gasteiger partial charge on any atom is 0.305 e. The number of hydrogen-bond acceptors (Lipinski definition) is 6. The summed E-state index contributed by atoms with van der Waals surface area (Å²) in [6.45, 7) is 2.82. The maximum atomic E-state index is 12.2. The van der Waals surface area contributed by atoms with Gasteiger partial charge >= 0.3 is 4.87 Å². The number of phenolic OH excluding ortho intramolecular Hbond substituents is 1. The van der Waals surface area contributed by atoms with Crippen molar-refractivity contribution in [1.82, 2.24) is 10.3 Å². The minimum absolute atomic E-state index is 0.0151. The molecule has 1 unspecified atom stereocenters. The summed E-state index contributed by atoms with van der Waals surface area (Å²) in [6.07, 6.45) is 3.65. The third-order valence-corrected chi connectivity index (χ3v) is 6.05. The van der Waals surface area contributed by atoms with Gasteiger partial charge in [0.15, 0.2) is 0 Å². The molecular formula is C23H29N3O4S. The van der Waals surface area contributed by atoms with Crippen molar-refractivity contribution in [2.45, 2.75) is 45.1 Å². The van der Waals surface area contributed by atoms with Gasteiger partial charge in [-0.2, -0.15) is 0 Å². The van der Waals surface area contributed by atoms with Crippen molar-refractivity contribution in [2.75, 3.05) is 18.9 Å². The molecule has 3 aromatic rings. The monoisotopic (exact) mass is 443 g/mol. The van der Waals surface area contributed by atoms with Gasteiger partial charge in [-0.25, -0.2) is 0 Å². The summed E-state index contributed by atoms with van der Waals surface area (Å²) < 4.78 is 6.80. The second kappa shape index (κ2) is 11.0. The Kier molecular flexibility index (Phi) is 8.08. The fraction of sp³-hybridized carbons (Fsp3) is 0.391. The van der Waals surface area contributed by atoms with Crippen LogP contribution in [0.25, 0.3) is 10.2 Å². The molecule has 0 saturated heterocycles. The number of nitrogens with one attached hydrogen (secondary N) is 2. The number of aromatic hydroxyl groups is 1. The fourth-order valence-corrected chi connectivity index (χ4v) is 4.30. The molecule has 0 aliphatic heterocycles. The highest BCUT2D eigenvalue weighted by Crippen LogP contribution is 2.32. The van der Waals surface area contributed by atoms with Crippen LogP contribution >= 0.6 is 11.3 Å². The number of carbonyl (C=O) groups excluding carboxylic acids is 1. The zero-order chi connectivity index (χ0) is 22.2. The van der Waals surface area contributed by atoms with Crippen LogP contribution in [0.5, 0.6) is 5.75 Å². The van der Waals surface area contributed by atoms with Gasteiger partial charge in [-0.3, -0.25) is 9.59 Å². The number of rotatable bonds is 11. The van der Waals surface area contributed by atoms with Crippen LogP contribution in [0, 0.1) is 0 Å². The van der Waals surface area contributed by atoms with Crippen LogP contribution in [-0.4, -0.2) is 29.1 Å². The summed E-state index contributed by atoms with van der Waals surface area (Å²) in [7, 11) is 0. The second-order valence-electron chi connectivity index (χ2n) is 7.50. The number of benzene rings is 2. The average Bonchev–Trinajstić information content (AvgIpc) is 3.15. The molecule has 0 spiro atoms. The number of hydrogen-bond donors (Lipinski definition) is 4. The van der Waals surface area contributed by atoms with E-state index in [0.717, 1.165) is 41.7 Å². The molecule has 0 fully saturated rings. The molecular weight excluding hydrogens is 414 g/mol. The maximum absolute atomic E-state index is 12.2.